The molecule has 1 aromatic rings. The van der Waals surface area contributed by atoms with Gasteiger partial charge in [0.15, 0.2) is 17.7 Å². The van der Waals surface area contributed by atoms with Crippen molar-refractivity contribution in [3.05, 3.63) is 29.6 Å². The van der Waals surface area contributed by atoms with E-state index in [9.17, 15) is 19.4 Å². The fourth-order valence-electron chi connectivity index (χ4n) is 2.08. The molecule has 1 aromatic carbocycles. The standard InChI is InChI=1S/C12H13FO4/c1-17-11(16)10(15)12(5-6-12)7-3-2-4-8(13)9(7)14/h2-4,10,14-15H,5-6H2,1H3. The molecule has 17 heavy (non-hydrogen) atoms. The third kappa shape index (κ3) is 1.76. The molecule has 2 rings (SSSR count). The van der Waals surface area contributed by atoms with Crippen LogP contribution in [0.1, 0.15) is 18.4 Å². The number of ether oxygens (including phenoxy) is 1. The maximum absolute atomic E-state index is 13.2. The zero-order chi connectivity index (χ0) is 12.6. The summed E-state index contributed by atoms with van der Waals surface area (Å²) in [5.41, 5.74) is -0.644. The van der Waals surface area contributed by atoms with Crippen LogP contribution in [0.4, 0.5) is 4.39 Å². The van der Waals surface area contributed by atoms with E-state index in [1.165, 1.54) is 19.2 Å². The van der Waals surface area contributed by atoms with E-state index in [-0.39, 0.29) is 5.56 Å². The molecule has 0 saturated heterocycles. The Bertz CT molecular complexity index is 454. The minimum atomic E-state index is -1.37. The Hall–Kier alpha value is -1.62. The zero-order valence-corrected chi connectivity index (χ0v) is 9.31. The van der Waals surface area contributed by atoms with Gasteiger partial charge in [-0.3, -0.25) is 0 Å². The van der Waals surface area contributed by atoms with Crippen molar-refractivity contribution in [2.75, 3.05) is 7.11 Å². The van der Waals surface area contributed by atoms with Gasteiger partial charge in [-0.25, -0.2) is 9.18 Å². The lowest BCUT2D eigenvalue weighted by molar-refractivity contribution is -0.152. The second-order valence-corrected chi connectivity index (χ2v) is 4.22. The zero-order valence-electron chi connectivity index (χ0n) is 9.31. The van der Waals surface area contributed by atoms with Gasteiger partial charge in [-0.1, -0.05) is 12.1 Å². The highest BCUT2D eigenvalue weighted by Crippen LogP contribution is 2.54. The molecule has 5 heteroatoms. The van der Waals surface area contributed by atoms with Crippen molar-refractivity contribution in [2.24, 2.45) is 0 Å². The van der Waals surface area contributed by atoms with Crippen LogP contribution in [0.15, 0.2) is 18.2 Å². The summed E-state index contributed by atoms with van der Waals surface area (Å²) in [6.45, 7) is 0. The molecule has 1 saturated carbocycles. The van der Waals surface area contributed by atoms with Crippen molar-refractivity contribution < 1.29 is 24.1 Å². The average Bonchev–Trinajstić information content (AvgIpc) is 3.12. The number of benzene rings is 1. The first-order valence-corrected chi connectivity index (χ1v) is 5.27. The van der Waals surface area contributed by atoms with E-state index in [4.69, 9.17) is 0 Å². The molecule has 92 valence electrons. The predicted molar refractivity (Wildman–Crippen MR) is 57.0 cm³/mol. The molecule has 0 aliphatic heterocycles. The maximum Gasteiger partial charge on any atom is 0.335 e. The summed E-state index contributed by atoms with van der Waals surface area (Å²) < 4.78 is 17.7. The molecule has 2 N–H and O–H groups in total. The van der Waals surface area contributed by atoms with E-state index in [0.29, 0.717) is 12.8 Å². The van der Waals surface area contributed by atoms with Gasteiger partial charge >= 0.3 is 5.97 Å². The number of halogens is 1. The number of aliphatic hydroxyl groups is 1. The predicted octanol–water partition coefficient (Wildman–Crippen LogP) is 1.10. The number of aliphatic hydroxyl groups excluding tert-OH is 1. The van der Waals surface area contributed by atoms with Crippen LogP contribution in [0.3, 0.4) is 0 Å². The summed E-state index contributed by atoms with van der Waals surface area (Å²) in [7, 11) is 1.17. The molecule has 1 aliphatic carbocycles. The van der Waals surface area contributed by atoms with Crippen molar-refractivity contribution in [2.45, 2.75) is 24.4 Å². The van der Waals surface area contributed by atoms with Gasteiger partial charge in [-0.2, -0.15) is 0 Å². The minimum absolute atomic E-state index is 0.260. The average molecular weight is 240 g/mol. The van der Waals surface area contributed by atoms with E-state index < -0.39 is 29.1 Å². The van der Waals surface area contributed by atoms with Crippen LogP contribution in [-0.4, -0.2) is 29.4 Å². The number of para-hydroxylation sites is 1. The first-order valence-electron chi connectivity index (χ1n) is 5.27. The number of phenolic OH excluding ortho intramolecular Hbond substituents is 1. The molecule has 0 aromatic heterocycles. The largest absolute Gasteiger partial charge is 0.505 e. The highest BCUT2D eigenvalue weighted by atomic mass is 19.1. The van der Waals surface area contributed by atoms with Crippen LogP contribution in [0.5, 0.6) is 5.75 Å². The quantitative estimate of drug-likeness (QED) is 0.776. The van der Waals surface area contributed by atoms with E-state index in [1.54, 1.807) is 0 Å². The van der Waals surface area contributed by atoms with Crippen LogP contribution in [0, 0.1) is 5.82 Å². The van der Waals surface area contributed by atoms with E-state index in [1.807, 2.05) is 0 Å². The Labute approximate surface area is 97.6 Å². The highest BCUT2D eigenvalue weighted by Gasteiger charge is 2.55. The number of methoxy groups -OCH3 is 1. The van der Waals surface area contributed by atoms with E-state index in [0.717, 1.165) is 6.07 Å². The summed E-state index contributed by atoms with van der Waals surface area (Å²) in [5.74, 6) is -2.04. The SMILES string of the molecule is COC(=O)C(O)C1(c2cccc(F)c2O)CC1. The first kappa shape index (κ1) is 11.9. The van der Waals surface area contributed by atoms with Crippen molar-refractivity contribution in [1.29, 1.82) is 0 Å². The fraction of sp³-hybridized carbons (Fsp3) is 0.417. The number of hydrogen-bond acceptors (Lipinski definition) is 4. The number of rotatable bonds is 3. The van der Waals surface area contributed by atoms with Crippen molar-refractivity contribution >= 4 is 5.97 Å². The maximum atomic E-state index is 13.2. The van der Waals surface area contributed by atoms with Gasteiger partial charge in [0.25, 0.3) is 0 Å². The molecule has 0 bridgehead atoms. The smallest absolute Gasteiger partial charge is 0.335 e. The Morgan fingerprint density at radius 2 is 2.18 bits per heavy atom. The third-order valence-corrected chi connectivity index (χ3v) is 3.26. The van der Waals surface area contributed by atoms with Crippen LogP contribution < -0.4 is 0 Å². The highest BCUT2D eigenvalue weighted by molar-refractivity contribution is 5.78. The molecular weight excluding hydrogens is 227 g/mol. The van der Waals surface area contributed by atoms with Gasteiger partial charge < -0.3 is 14.9 Å². The van der Waals surface area contributed by atoms with Crippen LogP contribution in [0.2, 0.25) is 0 Å². The van der Waals surface area contributed by atoms with E-state index in [2.05, 4.69) is 4.74 Å². The number of aromatic hydroxyl groups is 1. The molecule has 1 fully saturated rings. The van der Waals surface area contributed by atoms with Crippen molar-refractivity contribution in [3.8, 4) is 5.75 Å². The fourth-order valence-corrected chi connectivity index (χ4v) is 2.08. The molecule has 1 aliphatic rings. The molecule has 0 radical (unpaired) electrons. The molecular formula is C12H13FO4. The second kappa shape index (κ2) is 4.00. The Morgan fingerprint density at radius 3 is 2.71 bits per heavy atom. The number of carbonyl (C=O) groups excluding carboxylic acids is 1. The lowest BCUT2D eigenvalue weighted by Gasteiger charge is -2.21. The van der Waals surface area contributed by atoms with Gasteiger partial charge in [0.1, 0.15) is 0 Å². The number of esters is 1. The van der Waals surface area contributed by atoms with Gasteiger partial charge in [0, 0.05) is 11.0 Å². The molecule has 0 amide bonds. The van der Waals surface area contributed by atoms with Gasteiger partial charge in [0.2, 0.25) is 0 Å². The normalized spacial score (nSPS) is 18.5. The number of hydrogen-bond donors (Lipinski definition) is 2. The number of phenols is 1. The lowest BCUT2D eigenvalue weighted by atomic mass is 9.89. The van der Waals surface area contributed by atoms with Gasteiger partial charge in [-0.05, 0) is 18.9 Å². The monoisotopic (exact) mass is 240 g/mol. The molecule has 1 unspecified atom stereocenters. The van der Waals surface area contributed by atoms with Crippen molar-refractivity contribution in [3.63, 3.8) is 0 Å². The Balaban J connectivity index is 2.39. The molecule has 0 heterocycles. The topological polar surface area (TPSA) is 66.8 Å². The summed E-state index contributed by atoms with van der Waals surface area (Å²) in [6.07, 6.45) is -0.346. The Morgan fingerprint density at radius 1 is 1.53 bits per heavy atom. The number of carbonyl (C=O) groups is 1. The summed E-state index contributed by atoms with van der Waals surface area (Å²) in [6, 6.07) is 4.07. The summed E-state index contributed by atoms with van der Waals surface area (Å²) in [4.78, 5) is 11.3. The first-order chi connectivity index (χ1) is 8.03. The minimum Gasteiger partial charge on any atom is -0.505 e. The molecule has 4 nitrogen and oxygen atoms in total. The van der Waals surface area contributed by atoms with Crippen LogP contribution in [-0.2, 0) is 14.9 Å². The second-order valence-electron chi connectivity index (χ2n) is 4.22. The summed E-state index contributed by atoms with van der Waals surface area (Å²) >= 11 is 0. The van der Waals surface area contributed by atoms with Crippen molar-refractivity contribution in [1.82, 2.24) is 0 Å². The third-order valence-electron chi connectivity index (χ3n) is 3.26. The molecule has 0 spiro atoms. The molecule has 1 atom stereocenters. The van der Waals surface area contributed by atoms with Crippen LogP contribution in [0.25, 0.3) is 0 Å². The van der Waals surface area contributed by atoms with Gasteiger partial charge in [-0.15, -0.1) is 0 Å². The lowest BCUT2D eigenvalue weighted by Crippen LogP contribution is -2.35. The van der Waals surface area contributed by atoms with Gasteiger partial charge in [0.05, 0.1) is 7.11 Å². The Kier molecular flexibility index (Phi) is 2.79. The van der Waals surface area contributed by atoms with Crippen LogP contribution >= 0.6 is 0 Å². The van der Waals surface area contributed by atoms with E-state index >= 15 is 0 Å². The summed E-state index contributed by atoms with van der Waals surface area (Å²) in [5, 5.41) is 19.5.